The number of halogens is 2. The Balaban J connectivity index is 1.48. The summed E-state index contributed by atoms with van der Waals surface area (Å²) in [6.07, 6.45) is -0.844. The molecular weight excluding hydrogens is 609 g/mol. The lowest BCUT2D eigenvalue weighted by molar-refractivity contribution is -0.144. The zero-order chi connectivity index (χ0) is 30.1. The number of aliphatic hydroxyl groups excluding tert-OH is 1. The molecule has 0 aliphatic carbocycles. The van der Waals surface area contributed by atoms with E-state index in [0.717, 1.165) is 21.7 Å². The Hall–Kier alpha value is -2.95. The van der Waals surface area contributed by atoms with Crippen molar-refractivity contribution in [2.75, 3.05) is 6.54 Å². The Morgan fingerprint density at radius 3 is 2.46 bits per heavy atom. The van der Waals surface area contributed by atoms with Gasteiger partial charge in [0.25, 0.3) is 0 Å². The number of nitrogens with one attached hydrogen (secondary N) is 1. The molecule has 2 amide bonds. The van der Waals surface area contributed by atoms with Gasteiger partial charge >= 0.3 is 0 Å². The maximum Gasteiger partial charge on any atom is 0.243 e. The summed E-state index contributed by atoms with van der Waals surface area (Å²) in [6, 6.07) is 10.7. The van der Waals surface area contributed by atoms with Gasteiger partial charge in [0.1, 0.15) is 11.9 Å². The lowest BCUT2D eigenvalue weighted by Crippen LogP contribution is -2.50. The van der Waals surface area contributed by atoms with E-state index in [0.29, 0.717) is 5.56 Å². The van der Waals surface area contributed by atoms with Crippen molar-refractivity contribution in [2.24, 2.45) is 11.3 Å². The minimum absolute atomic E-state index is 0.0110. The van der Waals surface area contributed by atoms with Crippen LogP contribution < -0.4 is 5.32 Å². The van der Waals surface area contributed by atoms with Crippen LogP contribution in [0.3, 0.4) is 0 Å². The van der Waals surface area contributed by atoms with Crippen LogP contribution in [0.25, 0.3) is 10.4 Å². The number of likely N-dealkylation sites (tertiary alicyclic amines) is 1. The van der Waals surface area contributed by atoms with E-state index in [1.807, 2.05) is 64.4 Å². The second-order valence-corrected chi connectivity index (χ2v) is 13.4. The summed E-state index contributed by atoms with van der Waals surface area (Å²) in [5, 5.41) is 13.5. The number of aliphatic hydroxyl groups is 1. The minimum Gasteiger partial charge on any atom is -0.391 e. The predicted octanol–water partition coefficient (Wildman–Crippen LogP) is 6.09. The maximum absolute atomic E-state index is 13.9. The first-order chi connectivity index (χ1) is 19.3. The smallest absolute Gasteiger partial charge is 0.243 e. The van der Waals surface area contributed by atoms with Crippen LogP contribution in [0, 0.1) is 24.1 Å². The number of carbonyl (C=O) groups excluding carboxylic acids is 3. The number of hydrogen-bond acceptors (Lipinski definition) is 6. The van der Waals surface area contributed by atoms with Gasteiger partial charge in [0.15, 0.2) is 5.78 Å². The molecule has 218 valence electrons. The molecule has 0 bridgehead atoms. The summed E-state index contributed by atoms with van der Waals surface area (Å²) in [6.45, 7) is 9.45. The van der Waals surface area contributed by atoms with E-state index in [1.54, 1.807) is 11.3 Å². The summed E-state index contributed by atoms with van der Waals surface area (Å²) < 4.78 is 13.9. The number of Topliss-reactive ketones (excluding diaryl/α,β-unsaturated/α-hetero) is 1. The fraction of sp³-hybridized carbons (Fsp3) is 0.419. The van der Waals surface area contributed by atoms with E-state index in [9.17, 15) is 23.9 Å². The molecule has 1 fully saturated rings. The number of β-amino-alcohol motifs (C(OH)–C–C–N with tert-alkyl or cyclic N) is 1. The predicted molar refractivity (Wildman–Crippen MR) is 161 cm³/mol. The van der Waals surface area contributed by atoms with E-state index >= 15 is 0 Å². The monoisotopic (exact) mass is 643 g/mol. The van der Waals surface area contributed by atoms with Crippen LogP contribution in [0.1, 0.15) is 68.2 Å². The Morgan fingerprint density at radius 1 is 1.20 bits per heavy atom. The first kappa shape index (κ1) is 31.0. The number of carbonyl (C=O) groups is 3. The van der Waals surface area contributed by atoms with Crippen molar-refractivity contribution in [2.45, 2.75) is 65.6 Å². The van der Waals surface area contributed by atoms with E-state index < -0.39 is 29.3 Å². The van der Waals surface area contributed by atoms with E-state index in [-0.39, 0.29) is 47.5 Å². The third-order valence-corrected chi connectivity index (χ3v) is 9.20. The summed E-state index contributed by atoms with van der Waals surface area (Å²) >= 11 is 4.68. The molecule has 4 atom stereocenters. The normalized spacial score (nSPS) is 18.7. The molecule has 1 aliphatic heterocycles. The molecule has 10 heteroatoms. The van der Waals surface area contributed by atoms with Gasteiger partial charge in [-0.25, -0.2) is 9.37 Å². The van der Waals surface area contributed by atoms with Gasteiger partial charge in [0.05, 0.1) is 38.6 Å². The molecule has 2 heterocycles. The van der Waals surface area contributed by atoms with Crippen molar-refractivity contribution < 1.29 is 23.9 Å². The van der Waals surface area contributed by atoms with Gasteiger partial charge in [-0.05, 0) is 64.5 Å². The van der Waals surface area contributed by atoms with Crippen LogP contribution in [-0.4, -0.2) is 51.3 Å². The number of hydrogen-bond donors (Lipinski definition) is 2. The van der Waals surface area contributed by atoms with Crippen molar-refractivity contribution in [1.29, 1.82) is 0 Å². The van der Waals surface area contributed by atoms with Gasteiger partial charge in [-0.15, -0.1) is 11.3 Å². The van der Waals surface area contributed by atoms with E-state index in [1.165, 1.54) is 23.1 Å². The van der Waals surface area contributed by atoms with Crippen LogP contribution >= 0.6 is 27.3 Å². The van der Waals surface area contributed by atoms with Gasteiger partial charge in [0, 0.05) is 24.9 Å². The minimum atomic E-state index is -0.862. The summed E-state index contributed by atoms with van der Waals surface area (Å²) in [7, 11) is 0. The maximum atomic E-state index is 13.9. The van der Waals surface area contributed by atoms with Crippen LogP contribution in [0.4, 0.5) is 4.39 Å². The standard InChI is InChI=1S/C31H35BrFN3O4S/c1-17(19-6-8-20(9-7-19)28-18(2)34-16-41-28)35-29(39)26-13-22(37)15-36(26)30(40)23(31(3,4)5)14-27(38)21-10-11-25(33)24(32)12-21/h6-12,16-17,22-23,26,37H,13-15H2,1-5H3,(H,35,39)/t17-,22+,23+,26-/m0/s1. The fourth-order valence-electron chi connectivity index (χ4n) is 5.14. The van der Waals surface area contributed by atoms with Gasteiger partial charge in [-0.1, -0.05) is 45.0 Å². The third kappa shape index (κ3) is 7.10. The Morgan fingerprint density at radius 2 is 1.88 bits per heavy atom. The molecule has 0 saturated carbocycles. The van der Waals surface area contributed by atoms with Crippen LogP contribution in [0.15, 0.2) is 52.4 Å². The van der Waals surface area contributed by atoms with E-state index in [4.69, 9.17) is 0 Å². The number of rotatable bonds is 8. The fourth-order valence-corrected chi connectivity index (χ4v) is 6.33. The molecule has 41 heavy (non-hydrogen) atoms. The Labute approximate surface area is 252 Å². The summed E-state index contributed by atoms with van der Waals surface area (Å²) in [5.74, 6) is -2.25. The van der Waals surface area contributed by atoms with E-state index in [2.05, 4.69) is 26.2 Å². The number of benzene rings is 2. The number of ketones is 1. The zero-order valence-electron chi connectivity index (χ0n) is 23.8. The van der Waals surface area contributed by atoms with Crippen molar-refractivity contribution in [1.82, 2.24) is 15.2 Å². The van der Waals surface area contributed by atoms with Gasteiger partial charge < -0.3 is 15.3 Å². The van der Waals surface area contributed by atoms with Crippen LogP contribution in [0.2, 0.25) is 0 Å². The quantitative estimate of drug-likeness (QED) is 0.289. The molecule has 0 radical (unpaired) electrons. The SMILES string of the molecule is Cc1ncsc1-c1ccc([C@H](C)NC(=O)[C@@H]2C[C@@H](O)CN2C(=O)[C@@H](CC(=O)c2ccc(F)c(Br)c2)C(C)(C)C)cc1. The number of aromatic nitrogens is 1. The summed E-state index contributed by atoms with van der Waals surface area (Å²) in [4.78, 5) is 47.3. The molecule has 1 saturated heterocycles. The highest BCUT2D eigenvalue weighted by Gasteiger charge is 2.44. The van der Waals surface area contributed by atoms with Crippen molar-refractivity contribution in [3.8, 4) is 10.4 Å². The van der Waals surface area contributed by atoms with Crippen molar-refractivity contribution in [3.05, 3.63) is 75.1 Å². The van der Waals surface area contributed by atoms with Crippen molar-refractivity contribution in [3.63, 3.8) is 0 Å². The van der Waals surface area contributed by atoms with Crippen LogP contribution in [-0.2, 0) is 9.59 Å². The topological polar surface area (TPSA) is 99.6 Å². The highest BCUT2D eigenvalue weighted by Crippen LogP contribution is 2.35. The number of nitrogens with zero attached hydrogens (tertiary/aromatic N) is 2. The molecule has 2 N–H and O–H groups in total. The molecular formula is C31H35BrFN3O4S. The average molecular weight is 645 g/mol. The number of aryl methyl sites for hydroxylation is 1. The lowest BCUT2D eigenvalue weighted by atomic mass is 9.76. The molecule has 2 aromatic carbocycles. The number of thiazole rings is 1. The average Bonchev–Trinajstić information content (AvgIpc) is 3.53. The first-order valence-corrected chi connectivity index (χ1v) is 15.2. The molecule has 4 rings (SSSR count). The molecule has 3 aromatic rings. The van der Waals surface area contributed by atoms with Gasteiger partial charge in [0.2, 0.25) is 11.8 Å². The Bertz CT molecular complexity index is 1440. The third-order valence-electron chi connectivity index (χ3n) is 7.62. The molecule has 0 unspecified atom stereocenters. The Kier molecular flexibility index (Phi) is 9.45. The summed E-state index contributed by atoms with van der Waals surface area (Å²) in [5.41, 5.74) is 4.43. The molecule has 7 nitrogen and oxygen atoms in total. The second kappa shape index (κ2) is 12.5. The molecule has 1 aromatic heterocycles. The van der Waals surface area contributed by atoms with Crippen LogP contribution in [0.5, 0.6) is 0 Å². The highest BCUT2D eigenvalue weighted by molar-refractivity contribution is 9.10. The number of amides is 2. The first-order valence-electron chi connectivity index (χ1n) is 13.5. The zero-order valence-corrected chi connectivity index (χ0v) is 26.2. The van der Waals surface area contributed by atoms with Crippen molar-refractivity contribution >= 4 is 44.9 Å². The highest BCUT2D eigenvalue weighted by atomic mass is 79.9. The van der Waals surface area contributed by atoms with Gasteiger partial charge in [-0.2, -0.15) is 0 Å². The van der Waals surface area contributed by atoms with Gasteiger partial charge in [-0.3, -0.25) is 14.4 Å². The second-order valence-electron chi connectivity index (χ2n) is 11.7. The molecule has 0 spiro atoms. The largest absolute Gasteiger partial charge is 0.391 e. The molecule has 1 aliphatic rings. The lowest BCUT2D eigenvalue weighted by Gasteiger charge is -2.35.